The molecule has 3 heteroatoms. The molecule has 0 aromatic carbocycles. The van der Waals surface area contributed by atoms with Crippen molar-refractivity contribution >= 4 is 22.6 Å². The molecule has 1 saturated heterocycles. The van der Waals surface area contributed by atoms with E-state index in [1.165, 1.54) is 30.1 Å². The first kappa shape index (κ1) is 10.2. The molecule has 3 atom stereocenters. The molecule has 0 N–H and O–H groups in total. The highest BCUT2D eigenvalue weighted by Crippen LogP contribution is 2.32. The van der Waals surface area contributed by atoms with Crippen molar-refractivity contribution in [3.05, 3.63) is 0 Å². The van der Waals surface area contributed by atoms with E-state index in [9.17, 15) is 0 Å². The molecule has 2 rings (SSSR count). The SMILES string of the molecule is ICC1CCCC1OC1CCCO1. The van der Waals surface area contributed by atoms with Gasteiger partial charge in [-0.05, 0) is 25.2 Å². The smallest absolute Gasteiger partial charge is 0.158 e. The standard InChI is InChI=1S/C10H17IO2/c11-7-8-3-1-4-9(8)13-10-5-2-6-12-10/h8-10H,1-7H2. The molecule has 0 spiro atoms. The van der Waals surface area contributed by atoms with Gasteiger partial charge in [0.25, 0.3) is 0 Å². The molecule has 3 unspecified atom stereocenters. The Hall–Kier alpha value is 0.650. The number of ether oxygens (including phenoxy) is 2. The van der Waals surface area contributed by atoms with Gasteiger partial charge in [0.15, 0.2) is 6.29 Å². The van der Waals surface area contributed by atoms with Crippen molar-refractivity contribution in [2.45, 2.75) is 44.5 Å². The fourth-order valence-electron chi connectivity index (χ4n) is 2.21. The Bertz CT molecular complexity index is 157. The van der Waals surface area contributed by atoms with E-state index in [0.717, 1.165) is 18.9 Å². The van der Waals surface area contributed by atoms with Crippen LogP contribution >= 0.6 is 22.6 Å². The molecule has 0 bridgehead atoms. The summed E-state index contributed by atoms with van der Waals surface area (Å²) in [5, 5.41) is 0. The monoisotopic (exact) mass is 296 g/mol. The molecule has 0 amide bonds. The third-order valence-electron chi connectivity index (χ3n) is 3.00. The fourth-order valence-corrected chi connectivity index (χ4v) is 3.22. The van der Waals surface area contributed by atoms with E-state index in [1.54, 1.807) is 0 Å². The molecule has 0 radical (unpaired) electrons. The van der Waals surface area contributed by atoms with E-state index < -0.39 is 0 Å². The second-order valence-corrected chi connectivity index (χ2v) is 4.84. The summed E-state index contributed by atoms with van der Waals surface area (Å²) < 4.78 is 12.7. The van der Waals surface area contributed by atoms with Crippen LogP contribution in [0, 0.1) is 5.92 Å². The number of rotatable bonds is 3. The second kappa shape index (κ2) is 4.94. The summed E-state index contributed by atoms with van der Waals surface area (Å²) in [7, 11) is 0. The van der Waals surface area contributed by atoms with Crippen molar-refractivity contribution < 1.29 is 9.47 Å². The number of halogens is 1. The topological polar surface area (TPSA) is 18.5 Å². The molecule has 1 saturated carbocycles. The average Bonchev–Trinajstić information content (AvgIpc) is 2.76. The first-order valence-electron chi connectivity index (χ1n) is 5.23. The van der Waals surface area contributed by atoms with Gasteiger partial charge in [-0.25, -0.2) is 0 Å². The minimum absolute atomic E-state index is 0.119. The Balaban J connectivity index is 1.79. The summed E-state index contributed by atoms with van der Waals surface area (Å²) in [4.78, 5) is 0. The van der Waals surface area contributed by atoms with Crippen LogP contribution in [-0.2, 0) is 9.47 Å². The van der Waals surface area contributed by atoms with Gasteiger partial charge in [0.1, 0.15) is 0 Å². The van der Waals surface area contributed by atoms with Gasteiger partial charge in [0.2, 0.25) is 0 Å². The Labute approximate surface area is 93.5 Å². The van der Waals surface area contributed by atoms with Crippen LogP contribution in [-0.4, -0.2) is 23.4 Å². The highest BCUT2D eigenvalue weighted by molar-refractivity contribution is 14.1. The highest BCUT2D eigenvalue weighted by atomic mass is 127. The van der Waals surface area contributed by atoms with E-state index in [1.807, 2.05) is 0 Å². The average molecular weight is 296 g/mol. The van der Waals surface area contributed by atoms with Gasteiger partial charge in [-0.2, -0.15) is 0 Å². The van der Waals surface area contributed by atoms with E-state index in [4.69, 9.17) is 9.47 Å². The quantitative estimate of drug-likeness (QED) is 0.589. The predicted octanol–water partition coefficient (Wildman–Crippen LogP) is 2.74. The molecule has 76 valence electrons. The molecule has 1 heterocycles. The molecule has 2 nitrogen and oxygen atoms in total. The molecular weight excluding hydrogens is 279 g/mol. The zero-order chi connectivity index (χ0) is 9.10. The number of hydrogen-bond acceptors (Lipinski definition) is 2. The van der Waals surface area contributed by atoms with Crippen molar-refractivity contribution in [1.29, 1.82) is 0 Å². The summed E-state index contributed by atoms with van der Waals surface area (Å²) in [6.45, 7) is 0.895. The lowest BCUT2D eigenvalue weighted by atomic mass is 10.1. The zero-order valence-corrected chi connectivity index (χ0v) is 10.0. The van der Waals surface area contributed by atoms with E-state index in [2.05, 4.69) is 22.6 Å². The number of alkyl halides is 1. The zero-order valence-electron chi connectivity index (χ0n) is 7.88. The Kier molecular flexibility index (Phi) is 3.86. The maximum Gasteiger partial charge on any atom is 0.158 e. The second-order valence-electron chi connectivity index (χ2n) is 3.96. The summed E-state index contributed by atoms with van der Waals surface area (Å²) >= 11 is 2.47. The van der Waals surface area contributed by atoms with Gasteiger partial charge in [-0.1, -0.05) is 29.0 Å². The molecule has 0 aromatic heterocycles. The first-order chi connectivity index (χ1) is 6.40. The van der Waals surface area contributed by atoms with Crippen LogP contribution in [0.4, 0.5) is 0 Å². The number of hydrogen-bond donors (Lipinski definition) is 0. The maximum atomic E-state index is 5.95. The van der Waals surface area contributed by atoms with Gasteiger partial charge < -0.3 is 9.47 Å². The normalized spacial score (nSPS) is 39.9. The lowest BCUT2D eigenvalue weighted by Crippen LogP contribution is -2.25. The van der Waals surface area contributed by atoms with Crippen molar-refractivity contribution in [3.8, 4) is 0 Å². The van der Waals surface area contributed by atoms with Gasteiger partial charge in [-0.3, -0.25) is 0 Å². The molecule has 2 aliphatic rings. The summed E-state index contributed by atoms with van der Waals surface area (Å²) in [5.41, 5.74) is 0. The van der Waals surface area contributed by atoms with Crippen molar-refractivity contribution in [1.82, 2.24) is 0 Å². The lowest BCUT2D eigenvalue weighted by Gasteiger charge is -2.21. The van der Waals surface area contributed by atoms with Crippen molar-refractivity contribution in [2.24, 2.45) is 5.92 Å². The molecule has 0 aromatic rings. The van der Waals surface area contributed by atoms with Crippen LogP contribution in [0.1, 0.15) is 32.1 Å². The van der Waals surface area contributed by atoms with Crippen LogP contribution in [0.3, 0.4) is 0 Å². The Morgan fingerprint density at radius 3 is 2.85 bits per heavy atom. The van der Waals surface area contributed by atoms with Crippen LogP contribution in [0.15, 0.2) is 0 Å². The van der Waals surface area contributed by atoms with Crippen LogP contribution in [0.25, 0.3) is 0 Å². The predicted molar refractivity (Wildman–Crippen MR) is 60.1 cm³/mol. The minimum Gasteiger partial charge on any atom is -0.353 e. The van der Waals surface area contributed by atoms with Crippen LogP contribution in [0.5, 0.6) is 0 Å². The molecular formula is C10H17IO2. The van der Waals surface area contributed by atoms with Gasteiger partial charge in [-0.15, -0.1) is 0 Å². The van der Waals surface area contributed by atoms with Gasteiger partial charge in [0, 0.05) is 17.5 Å². The van der Waals surface area contributed by atoms with Crippen LogP contribution < -0.4 is 0 Å². The molecule has 2 fully saturated rings. The summed E-state index contributed by atoms with van der Waals surface area (Å²) in [6.07, 6.45) is 6.81. The van der Waals surface area contributed by atoms with E-state index in [-0.39, 0.29) is 6.29 Å². The summed E-state index contributed by atoms with van der Waals surface area (Å²) in [5.74, 6) is 0.782. The highest BCUT2D eigenvalue weighted by Gasteiger charge is 2.30. The largest absolute Gasteiger partial charge is 0.353 e. The third-order valence-corrected chi connectivity index (χ3v) is 4.13. The minimum atomic E-state index is 0.119. The first-order valence-corrected chi connectivity index (χ1v) is 6.75. The molecule has 13 heavy (non-hydrogen) atoms. The van der Waals surface area contributed by atoms with Gasteiger partial charge >= 0.3 is 0 Å². The maximum absolute atomic E-state index is 5.95. The fraction of sp³-hybridized carbons (Fsp3) is 1.00. The Morgan fingerprint density at radius 2 is 2.15 bits per heavy atom. The summed E-state index contributed by atoms with van der Waals surface area (Å²) in [6, 6.07) is 0. The molecule has 1 aliphatic heterocycles. The molecule has 1 aliphatic carbocycles. The van der Waals surface area contributed by atoms with E-state index in [0.29, 0.717) is 6.10 Å². The van der Waals surface area contributed by atoms with Crippen LogP contribution in [0.2, 0.25) is 0 Å². The third kappa shape index (κ3) is 2.57. The van der Waals surface area contributed by atoms with Crippen molar-refractivity contribution in [3.63, 3.8) is 0 Å². The van der Waals surface area contributed by atoms with Gasteiger partial charge in [0.05, 0.1) is 6.10 Å². The lowest BCUT2D eigenvalue weighted by molar-refractivity contribution is -0.150. The van der Waals surface area contributed by atoms with Crippen molar-refractivity contribution in [2.75, 3.05) is 11.0 Å². The Morgan fingerprint density at radius 1 is 1.23 bits per heavy atom. The van der Waals surface area contributed by atoms with E-state index >= 15 is 0 Å².